The highest BCUT2D eigenvalue weighted by molar-refractivity contribution is 9.10. The molecule has 0 bridgehead atoms. The van der Waals surface area contributed by atoms with Gasteiger partial charge in [0, 0.05) is 4.47 Å². The van der Waals surface area contributed by atoms with Gasteiger partial charge in [-0.25, -0.2) is 4.79 Å². The monoisotopic (exact) mass is 258 g/mol. The van der Waals surface area contributed by atoms with E-state index in [1.165, 1.54) is 6.07 Å². The molecule has 0 saturated carbocycles. The van der Waals surface area contributed by atoms with E-state index >= 15 is 0 Å². The molecule has 0 atom stereocenters. The van der Waals surface area contributed by atoms with E-state index in [0.717, 1.165) is 16.2 Å². The number of hydrogen-bond acceptors (Lipinski definition) is 4. The molecule has 2 rings (SSSR count). The number of halogens is 1. The third-order valence-electron chi connectivity index (χ3n) is 1.60. The van der Waals surface area contributed by atoms with Crippen molar-refractivity contribution < 1.29 is 9.90 Å². The van der Waals surface area contributed by atoms with Crippen LogP contribution in [0.25, 0.3) is 11.0 Å². The lowest BCUT2D eigenvalue weighted by Crippen LogP contribution is -1.97. The van der Waals surface area contributed by atoms with Crippen molar-refractivity contribution in [2.45, 2.75) is 0 Å². The Morgan fingerprint density at radius 3 is 2.77 bits per heavy atom. The van der Waals surface area contributed by atoms with E-state index in [1.807, 2.05) is 0 Å². The molecule has 0 saturated heterocycles. The van der Waals surface area contributed by atoms with Crippen molar-refractivity contribution in [1.82, 2.24) is 8.75 Å². The summed E-state index contributed by atoms with van der Waals surface area (Å²) in [6, 6.07) is 3.17. The van der Waals surface area contributed by atoms with Crippen LogP contribution in [0, 0.1) is 0 Å². The maximum Gasteiger partial charge on any atom is 0.338 e. The Morgan fingerprint density at radius 2 is 2.08 bits per heavy atom. The van der Waals surface area contributed by atoms with Crippen LogP contribution in [0.5, 0.6) is 0 Å². The number of carboxylic acids is 1. The smallest absolute Gasteiger partial charge is 0.338 e. The zero-order valence-electron chi connectivity index (χ0n) is 6.19. The fourth-order valence-corrected chi connectivity index (χ4v) is 2.11. The summed E-state index contributed by atoms with van der Waals surface area (Å²) in [7, 11) is 0. The van der Waals surface area contributed by atoms with Crippen LogP contribution in [-0.4, -0.2) is 19.8 Å². The summed E-state index contributed by atoms with van der Waals surface area (Å²) in [5.41, 5.74) is 1.23. The lowest BCUT2D eigenvalue weighted by molar-refractivity contribution is 0.0699. The van der Waals surface area contributed by atoms with Crippen LogP contribution in [-0.2, 0) is 0 Å². The minimum atomic E-state index is -0.981. The molecule has 0 fully saturated rings. The molecular weight excluding hydrogens is 256 g/mol. The molecule has 0 radical (unpaired) electrons. The average molecular weight is 259 g/mol. The number of aromatic nitrogens is 2. The Hall–Kier alpha value is -1.01. The number of rotatable bonds is 1. The quantitative estimate of drug-likeness (QED) is 0.852. The van der Waals surface area contributed by atoms with Crippen LogP contribution in [0.15, 0.2) is 16.6 Å². The van der Waals surface area contributed by atoms with E-state index in [-0.39, 0.29) is 5.56 Å². The van der Waals surface area contributed by atoms with Gasteiger partial charge in [0.15, 0.2) is 0 Å². The molecule has 0 aliphatic heterocycles. The van der Waals surface area contributed by atoms with Crippen molar-refractivity contribution >= 4 is 44.7 Å². The van der Waals surface area contributed by atoms with Crippen molar-refractivity contribution in [3.05, 3.63) is 22.2 Å². The first-order valence-corrected chi connectivity index (χ1v) is 4.86. The van der Waals surface area contributed by atoms with Crippen LogP contribution < -0.4 is 0 Å². The molecule has 1 aromatic heterocycles. The minimum Gasteiger partial charge on any atom is -0.478 e. The average Bonchev–Trinajstić information content (AvgIpc) is 2.53. The van der Waals surface area contributed by atoms with E-state index in [4.69, 9.17) is 5.11 Å². The molecule has 0 aliphatic rings. The van der Waals surface area contributed by atoms with Gasteiger partial charge >= 0.3 is 5.97 Å². The van der Waals surface area contributed by atoms with Crippen LogP contribution in [0.4, 0.5) is 0 Å². The third-order valence-corrected chi connectivity index (χ3v) is 2.76. The highest BCUT2D eigenvalue weighted by Crippen LogP contribution is 2.24. The second-order valence-corrected chi connectivity index (χ2v) is 3.74. The molecule has 0 aliphatic carbocycles. The van der Waals surface area contributed by atoms with Gasteiger partial charge in [-0.3, -0.25) is 0 Å². The van der Waals surface area contributed by atoms with Gasteiger partial charge in [-0.2, -0.15) is 8.75 Å². The van der Waals surface area contributed by atoms with Crippen molar-refractivity contribution in [2.75, 3.05) is 0 Å². The molecule has 1 aromatic carbocycles. The number of aromatic carboxylic acids is 1. The van der Waals surface area contributed by atoms with Crippen LogP contribution >= 0.6 is 27.7 Å². The first-order chi connectivity index (χ1) is 6.20. The topological polar surface area (TPSA) is 63.1 Å². The van der Waals surface area contributed by atoms with E-state index in [0.29, 0.717) is 11.0 Å². The summed E-state index contributed by atoms with van der Waals surface area (Å²) in [5.74, 6) is -0.981. The SMILES string of the molecule is O=C(O)c1ccc(Br)c2nsnc12. The number of benzene rings is 1. The third kappa shape index (κ3) is 1.31. The normalized spacial score (nSPS) is 10.5. The summed E-state index contributed by atoms with van der Waals surface area (Å²) in [4.78, 5) is 10.7. The molecule has 1 heterocycles. The van der Waals surface area contributed by atoms with Gasteiger partial charge in [-0.15, -0.1) is 0 Å². The van der Waals surface area contributed by atoms with E-state index in [2.05, 4.69) is 24.7 Å². The Labute approximate surface area is 85.7 Å². The zero-order chi connectivity index (χ0) is 9.42. The summed E-state index contributed by atoms with van der Waals surface area (Å²) < 4.78 is 8.67. The molecule has 66 valence electrons. The van der Waals surface area contributed by atoms with E-state index in [1.54, 1.807) is 6.07 Å². The van der Waals surface area contributed by atoms with E-state index in [9.17, 15) is 4.79 Å². The van der Waals surface area contributed by atoms with Gasteiger partial charge in [0.05, 0.1) is 17.3 Å². The molecule has 4 nitrogen and oxygen atoms in total. The number of carboxylic acid groups (broad SMARTS) is 1. The first-order valence-electron chi connectivity index (χ1n) is 3.34. The molecule has 0 spiro atoms. The highest BCUT2D eigenvalue weighted by Gasteiger charge is 2.13. The zero-order valence-corrected chi connectivity index (χ0v) is 8.59. The number of carbonyl (C=O) groups is 1. The largest absolute Gasteiger partial charge is 0.478 e. The Bertz CT molecular complexity index is 482. The van der Waals surface area contributed by atoms with Gasteiger partial charge in [0.25, 0.3) is 0 Å². The minimum absolute atomic E-state index is 0.187. The summed E-state index contributed by atoms with van der Waals surface area (Å²) in [5, 5.41) is 8.81. The first kappa shape index (κ1) is 8.58. The molecular formula is C7H3BrN2O2S. The summed E-state index contributed by atoms with van der Waals surface area (Å²) >= 11 is 4.28. The Kier molecular flexibility index (Phi) is 2.01. The molecule has 13 heavy (non-hydrogen) atoms. The number of fused-ring (bicyclic) bond motifs is 1. The summed E-state index contributed by atoms with van der Waals surface area (Å²) in [6.45, 7) is 0. The van der Waals surface area contributed by atoms with Gasteiger partial charge in [-0.1, -0.05) is 0 Å². The van der Waals surface area contributed by atoms with Gasteiger partial charge < -0.3 is 5.11 Å². The maximum absolute atomic E-state index is 10.7. The second kappa shape index (κ2) is 3.04. The van der Waals surface area contributed by atoms with Crippen molar-refractivity contribution in [2.24, 2.45) is 0 Å². The summed E-state index contributed by atoms with van der Waals surface area (Å²) in [6.07, 6.45) is 0. The fraction of sp³-hybridized carbons (Fsp3) is 0. The molecule has 6 heteroatoms. The van der Waals surface area contributed by atoms with Gasteiger partial charge in [0.1, 0.15) is 11.0 Å². The second-order valence-electron chi connectivity index (χ2n) is 2.36. The number of hydrogen-bond donors (Lipinski definition) is 1. The lowest BCUT2D eigenvalue weighted by Gasteiger charge is -1.95. The van der Waals surface area contributed by atoms with Gasteiger partial charge in [0.2, 0.25) is 0 Å². The molecule has 0 amide bonds. The standard InChI is InChI=1S/C7H3BrN2O2S/c8-4-2-1-3(7(11)12)5-6(4)10-13-9-5/h1-2H,(H,11,12). The predicted molar refractivity (Wildman–Crippen MR) is 52.1 cm³/mol. The van der Waals surface area contributed by atoms with Crippen LogP contribution in [0.1, 0.15) is 10.4 Å². The van der Waals surface area contributed by atoms with Crippen LogP contribution in [0.3, 0.4) is 0 Å². The molecule has 0 unspecified atom stereocenters. The molecule has 1 N–H and O–H groups in total. The highest BCUT2D eigenvalue weighted by atomic mass is 79.9. The predicted octanol–water partition coefficient (Wildman–Crippen LogP) is 2.15. The van der Waals surface area contributed by atoms with Crippen LogP contribution in [0.2, 0.25) is 0 Å². The number of nitrogens with zero attached hydrogens (tertiary/aromatic N) is 2. The Balaban J connectivity index is 2.86. The maximum atomic E-state index is 10.7. The van der Waals surface area contributed by atoms with Crippen molar-refractivity contribution in [1.29, 1.82) is 0 Å². The molecule has 2 aromatic rings. The van der Waals surface area contributed by atoms with Gasteiger partial charge in [-0.05, 0) is 28.1 Å². The lowest BCUT2D eigenvalue weighted by atomic mass is 10.2. The Morgan fingerprint density at radius 1 is 1.38 bits per heavy atom. The van der Waals surface area contributed by atoms with E-state index < -0.39 is 5.97 Å². The van der Waals surface area contributed by atoms with Crippen molar-refractivity contribution in [3.63, 3.8) is 0 Å². The fourth-order valence-electron chi connectivity index (χ4n) is 1.01. The van der Waals surface area contributed by atoms with Crippen molar-refractivity contribution in [3.8, 4) is 0 Å².